The number of tetrazole rings is 1. The number of benzene rings is 1. The molecule has 1 fully saturated rings. The van der Waals surface area contributed by atoms with Crippen molar-refractivity contribution in [3.63, 3.8) is 0 Å². The van der Waals surface area contributed by atoms with E-state index < -0.39 is 36.3 Å². The van der Waals surface area contributed by atoms with Crippen LogP contribution < -0.4 is 10.6 Å². The number of ether oxygens (including phenoxy) is 1. The lowest BCUT2D eigenvalue weighted by molar-refractivity contribution is -0.292. The predicted molar refractivity (Wildman–Crippen MR) is 140 cm³/mol. The molecule has 20 heteroatoms. The zero-order valence-electron chi connectivity index (χ0n) is 21.0. The van der Waals surface area contributed by atoms with E-state index in [9.17, 15) is 31.5 Å². The van der Waals surface area contributed by atoms with E-state index in [1.165, 1.54) is 30.5 Å². The first-order valence-corrected chi connectivity index (χ1v) is 13.0. The molecule has 2 amide bonds. The third-order valence-electron chi connectivity index (χ3n) is 5.84. The van der Waals surface area contributed by atoms with Crippen LogP contribution in [0.5, 0.6) is 0 Å². The molecule has 5 rings (SSSR count). The van der Waals surface area contributed by atoms with Crippen LogP contribution in [0, 0.1) is 0 Å². The molecule has 3 aromatic heterocycles. The second kappa shape index (κ2) is 11.6. The van der Waals surface area contributed by atoms with Gasteiger partial charge in [-0.05, 0) is 35.5 Å². The van der Waals surface area contributed by atoms with Gasteiger partial charge in [0.05, 0.1) is 46.2 Å². The molecule has 2 N–H and O–H groups in total. The van der Waals surface area contributed by atoms with E-state index in [-0.39, 0.29) is 49.6 Å². The zero-order valence-corrected chi connectivity index (χ0v) is 23.3. The summed E-state index contributed by atoms with van der Waals surface area (Å²) in [6.45, 7) is 0.00643. The fraction of sp³-hybridized carbons (Fsp3) is 0.261. The Morgan fingerprint density at radius 3 is 2.42 bits per heavy atom. The molecule has 0 atom stereocenters. The van der Waals surface area contributed by atoms with E-state index in [2.05, 4.69) is 36.1 Å². The molecule has 0 aliphatic carbocycles. The minimum Gasteiger partial charge on any atom is -0.377 e. The van der Waals surface area contributed by atoms with Crippen molar-refractivity contribution in [1.29, 1.82) is 0 Å². The summed E-state index contributed by atoms with van der Waals surface area (Å²) in [6, 6.07) is 6.43. The summed E-state index contributed by atoms with van der Waals surface area (Å²) in [7, 11) is 0. The number of carbonyl (C=O) groups excluding carboxylic acids is 2. The average molecular weight is 667 g/mol. The molecule has 43 heavy (non-hydrogen) atoms. The molecule has 0 saturated carbocycles. The van der Waals surface area contributed by atoms with Crippen molar-refractivity contribution in [2.24, 2.45) is 0 Å². The smallest absolute Gasteiger partial charge is 0.377 e. The number of hydrogen-bond acceptors (Lipinski definition) is 8. The summed E-state index contributed by atoms with van der Waals surface area (Å²) in [5.74, 6) is -8.76. The van der Waals surface area contributed by atoms with Crippen molar-refractivity contribution in [1.82, 2.24) is 40.3 Å². The number of hydrogen-bond donors (Lipinski definition) is 2. The standard InChI is InChI=1S/C23H15Cl3F5N9O3/c24-10-4-13(19(41)33-12-8-43-9-12)17(15(26)5-10)34-20(42)16-6-11(36-40(16)18-14(25)2-1-3-32-18)7-39-37-21(35-38-39)22(27,28)23(29,30)31/h1-6,12H,7-9H2,(H,33,41)(H,34,42). The Morgan fingerprint density at radius 2 is 1.77 bits per heavy atom. The molecule has 0 radical (unpaired) electrons. The van der Waals surface area contributed by atoms with Crippen molar-refractivity contribution in [3.05, 3.63) is 74.4 Å². The third kappa shape index (κ3) is 6.24. The number of anilines is 1. The van der Waals surface area contributed by atoms with Gasteiger partial charge in [0.15, 0.2) is 5.82 Å². The Hall–Kier alpha value is -3.93. The van der Waals surface area contributed by atoms with Gasteiger partial charge >= 0.3 is 12.1 Å². The van der Waals surface area contributed by atoms with E-state index >= 15 is 0 Å². The molecule has 12 nitrogen and oxygen atoms in total. The monoisotopic (exact) mass is 665 g/mol. The summed E-state index contributed by atoms with van der Waals surface area (Å²) >= 11 is 18.7. The van der Waals surface area contributed by atoms with Gasteiger partial charge in [-0.25, -0.2) is 9.67 Å². The highest BCUT2D eigenvalue weighted by Gasteiger charge is 2.62. The van der Waals surface area contributed by atoms with E-state index in [1.54, 1.807) is 0 Å². The number of rotatable bonds is 8. The van der Waals surface area contributed by atoms with Crippen LogP contribution in [0.15, 0.2) is 36.5 Å². The van der Waals surface area contributed by atoms with Crippen molar-refractivity contribution in [2.75, 3.05) is 18.5 Å². The lowest BCUT2D eigenvalue weighted by Crippen LogP contribution is -2.48. The molecule has 4 heterocycles. The van der Waals surface area contributed by atoms with Gasteiger partial charge in [0.1, 0.15) is 12.2 Å². The van der Waals surface area contributed by atoms with Crippen LogP contribution in [0.4, 0.5) is 27.6 Å². The second-order valence-corrected chi connectivity index (χ2v) is 10.2. The highest BCUT2D eigenvalue weighted by molar-refractivity contribution is 6.38. The Kier molecular flexibility index (Phi) is 8.26. The Balaban J connectivity index is 1.49. The lowest BCUT2D eigenvalue weighted by Gasteiger charge is -2.27. The zero-order chi connectivity index (χ0) is 31.1. The third-order valence-corrected chi connectivity index (χ3v) is 6.65. The summed E-state index contributed by atoms with van der Waals surface area (Å²) in [4.78, 5) is 31.0. The Morgan fingerprint density at radius 1 is 1.02 bits per heavy atom. The maximum atomic E-state index is 13.6. The van der Waals surface area contributed by atoms with E-state index in [0.717, 1.165) is 10.7 Å². The van der Waals surface area contributed by atoms with Gasteiger partial charge in [0.2, 0.25) is 0 Å². The first-order valence-electron chi connectivity index (χ1n) is 11.9. The number of aromatic nitrogens is 7. The number of halogens is 8. The second-order valence-electron chi connectivity index (χ2n) is 8.93. The van der Waals surface area contributed by atoms with E-state index in [4.69, 9.17) is 39.5 Å². The van der Waals surface area contributed by atoms with Gasteiger partial charge < -0.3 is 15.4 Å². The molecular weight excluding hydrogens is 652 g/mol. The van der Waals surface area contributed by atoms with Gasteiger partial charge in [-0.1, -0.05) is 34.8 Å². The van der Waals surface area contributed by atoms with Crippen LogP contribution in [0.25, 0.3) is 5.82 Å². The first-order chi connectivity index (χ1) is 20.2. The first kappa shape index (κ1) is 30.5. The fourth-order valence-corrected chi connectivity index (χ4v) is 4.45. The van der Waals surface area contributed by atoms with Crippen LogP contribution in [0.3, 0.4) is 0 Å². The molecule has 1 aliphatic heterocycles. The molecule has 1 aromatic carbocycles. The largest absolute Gasteiger partial charge is 0.461 e. The molecule has 1 aliphatic rings. The average Bonchev–Trinajstić information content (AvgIpc) is 3.55. The van der Waals surface area contributed by atoms with Gasteiger partial charge in [-0.2, -0.15) is 31.8 Å². The summed E-state index contributed by atoms with van der Waals surface area (Å²) in [6.07, 6.45) is -4.61. The van der Waals surface area contributed by atoms with Crippen molar-refractivity contribution < 1.29 is 36.3 Å². The number of nitrogens with zero attached hydrogens (tertiary/aromatic N) is 7. The number of nitrogens with one attached hydrogen (secondary N) is 2. The van der Waals surface area contributed by atoms with Crippen molar-refractivity contribution >= 4 is 52.3 Å². The molecule has 0 unspecified atom stereocenters. The molecule has 226 valence electrons. The van der Waals surface area contributed by atoms with Gasteiger partial charge in [0, 0.05) is 11.2 Å². The number of amides is 2. The number of pyridine rings is 1. The maximum absolute atomic E-state index is 13.6. The van der Waals surface area contributed by atoms with Crippen LogP contribution >= 0.6 is 34.8 Å². The van der Waals surface area contributed by atoms with Crippen LogP contribution in [0.2, 0.25) is 15.1 Å². The molecular formula is C23H15Cl3F5N9O3. The Bertz CT molecular complexity index is 1710. The van der Waals surface area contributed by atoms with Crippen LogP contribution in [-0.4, -0.2) is 72.2 Å². The SMILES string of the molecule is O=C(NC1COC1)c1cc(Cl)cc(Cl)c1NC(=O)c1cc(Cn2nnc(C(F)(F)C(F)(F)F)n2)nn1-c1ncccc1Cl. The summed E-state index contributed by atoms with van der Waals surface area (Å²) < 4.78 is 71.5. The predicted octanol–water partition coefficient (Wildman–Crippen LogP) is 4.30. The van der Waals surface area contributed by atoms with Crippen molar-refractivity contribution in [3.8, 4) is 5.82 Å². The fourth-order valence-electron chi connectivity index (χ4n) is 3.71. The summed E-state index contributed by atoms with van der Waals surface area (Å²) in [5, 5.41) is 18.7. The highest BCUT2D eigenvalue weighted by Crippen LogP contribution is 2.42. The topological polar surface area (TPSA) is 142 Å². The molecule has 0 spiro atoms. The lowest BCUT2D eigenvalue weighted by atomic mass is 10.1. The summed E-state index contributed by atoms with van der Waals surface area (Å²) in [5.41, 5.74) is -0.505. The van der Waals surface area contributed by atoms with Crippen LogP contribution in [0.1, 0.15) is 32.4 Å². The number of carbonyl (C=O) groups is 2. The highest BCUT2D eigenvalue weighted by atomic mass is 35.5. The normalized spacial score (nSPS) is 14.0. The maximum Gasteiger partial charge on any atom is 0.461 e. The van der Waals surface area contributed by atoms with E-state index in [1.807, 2.05) is 0 Å². The Labute approximate surface area is 252 Å². The molecule has 0 bridgehead atoms. The van der Waals surface area contributed by atoms with Crippen LogP contribution in [-0.2, 0) is 17.2 Å². The van der Waals surface area contributed by atoms with E-state index in [0.29, 0.717) is 18.0 Å². The quantitative estimate of drug-likeness (QED) is 0.265. The van der Waals surface area contributed by atoms with Gasteiger partial charge in [0.25, 0.3) is 17.6 Å². The molecule has 4 aromatic rings. The van der Waals surface area contributed by atoms with Gasteiger partial charge in [-0.15, -0.1) is 10.2 Å². The number of alkyl halides is 5. The minimum atomic E-state index is -5.95. The molecule has 1 saturated heterocycles. The van der Waals surface area contributed by atoms with Gasteiger partial charge in [-0.3, -0.25) is 9.59 Å². The van der Waals surface area contributed by atoms with Crippen molar-refractivity contribution in [2.45, 2.75) is 24.7 Å². The minimum absolute atomic E-state index is 0.0402.